The van der Waals surface area contributed by atoms with Crippen molar-refractivity contribution in [2.75, 3.05) is 0 Å². The van der Waals surface area contributed by atoms with Crippen molar-refractivity contribution in [2.24, 2.45) is 0 Å². The Bertz CT molecular complexity index is 649. The van der Waals surface area contributed by atoms with Gasteiger partial charge in [0.25, 0.3) is 0 Å². The molecule has 0 spiro atoms. The summed E-state index contributed by atoms with van der Waals surface area (Å²) in [6.07, 6.45) is 0. The Hall–Kier alpha value is -1.70. The maximum absolute atomic E-state index is 13.9. The van der Waals surface area contributed by atoms with E-state index in [1.807, 2.05) is 37.3 Å². The van der Waals surface area contributed by atoms with Gasteiger partial charge in [-0.1, -0.05) is 40.2 Å². The second-order valence-corrected chi connectivity index (χ2v) is 5.46. The van der Waals surface area contributed by atoms with Crippen molar-refractivity contribution in [3.05, 3.63) is 69.4 Å². The van der Waals surface area contributed by atoms with Crippen LogP contribution in [0.25, 0.3) is 0 Å². The van der Waals surface area contributed by atoms with Crippen molar-refractivity contribution < 1.29 is 4.39 Å². The van der Waals surface area contributed by atoms with E-state index >= 15 is 0 Å². The van der Waals surface area contributed by atoms with Crippen LogP contribution in [-0.2, 0) is 6.54 Å². The molecule has 102 valence electrons. The number of halogens is 2. The molecule has 0 aliphatic rings. The van der Waals surface area contributed by atoms with Crippen LogP contribution in [0.3, 0.4) is 0 Å². The third-order valence-electron chi connectivity index (χ3n) is 3.15. The zero-order valence-corrected chi connectivity index (χ0v) is 12.6. The van der Waals surface area contributed by atoms with Gasteiger partial charge in [0.05, 0.1) is 5.56 Å². The highest BCUT2D eigenvalue weighted by Gasteiger charge is 2.10. The van der Waals surface area contributed by atoms with Crippen molar-refractivity contribution >= 4 is 15.9 Å². The summed E-state index contributed by atoms with van der Waals surface area (Å²) in [5, 5.41) is 12.1. The van der Waals surface area contributed by atoms with E-state index in [2.05, 4.69) is 21.2 Å². The van der Waals surface area contributed by atoms with Gasteiger partial charge >= 0.3 is 0 Å². The highest BCUT2D eigenvalue weighted by atomic mass is 79.9. The second-order valence-electron chi connectivity index (χ2n) is 4.55. The molecule has 0 fully saturated rings. The molecule has 2 aromatic rings. The fraction of sp³-hybridized carbons (Fsp3) is 0.188. The minimum Gasteiger partial charge on any atom is -0.306 e. The largest absolute Gasteiger partial charge is 0.306 e. The third kappa shape index (κ3) is 3.44. The normalized spacial score (nSPS) is 11.9. The second kappa shape index (κ2) is 6.65. The highest BCUT2D eigenvalue weighted by molar-refractivity contribution is 9.10. The number of rotatable bonds is 4. The zero-order chi connectivity index (χ0) is 14.5. The van der Waals surface area contributed by atoms with Gasteiger partial charge in [-0.3, -0.25) is 0 Å². The number of nitrogens with zero attached hydrogens (tertiary/aromatic N) is 1. The molecule has 0 aromatic heterocycles. The molecule has 0 heterocycles. The predicted octanol–water partition coefficient (Wildman–Crippen LogP) is 4.31. The van der Waals surface area contributed by atoms with Crippen molar-refractivity contribution in [3.63, 3.8) is 0 Å². The average molecular weight is 333 g/mol. The van der Waals surface area contributed by atoms with Crippen molar-refractivity contribution in [1.82, 2.24) is 5.32 Å². The predicted molar refractivity (Wildman–Crippen MR) is 80.5 cm³/mol. The molecule has 0 saturated carbocycles. The lowest BCUT2D eigenvalue weighted by molar-refractivity contribution is 0.543. The van der Waals surface area contributed by atoms with E-state index in [1.165, 1.54) is 6.07 Å². The smallest absolute Gasteiger partial charge is 0.145 e. The van der Waals surface area contributed by atoms with Crippen LogP contribution in [0.5, 0.6) is 0 Å². The monoisotopic (exact) mass is 332 g/mol. The zero-order valence-electron chi connectivity index (χ0n) is 11.0. The Balaban J connectivity index is 2.08. The molecule has 20 heavy (non-hydrogen) atoms. The first-order valence-corrected chi connectivity index (χ1v) is 7.07. The first kappa shape index (κ1) is 14.7. The minimum atomic E-state index is -0.441. The molecule has 0 amide bonds. The molecule has 0 radical (unpaired) electrons. The number of hydrogen-bond acceptors (Lipinski definition) is 2. The first-order valence-electron chi connectivity index (χ1n) is 6.28. The van der Waals surface area contributed by atoms with Crippen LogP contribution in [-0.4, -0.2) is 0 Å². The molecular weight excluding hydrogens is 319 g/mol. The molecule has 2 nitrogen and oxygen atoms in total. The van der Waals surface area contributed by atoms with Crippen LogP contribution in [0.1, 0.15) is 29.7 Å². The summed E-state index contributed by atoms with van der Waals surface area (Å²) in [5.41, 5.74) is 1.71. The molecule has 4 heteroatoms. The Kier molecular flexibility index (Phi) is 4.89. The van der Waals surface area contributed by atoms with Crippen LogP contribution in [0, 0.1) is 17.1 Å². The number of nitrogens with one attached hydrogen (secondary N) is 1. The number of nitriles is 1. The molecule has 0 aliphatic carbocycles. The summed E-state index contributed by atoms with van der Waals surface area (Å²) in [6.45, 7) is 2.41. The van der Waals surface area contributed by atoms with Gasteiger partial charge in [-0.05, 0) is 30.7 Å². The van der Waals surface area contributed by atoms with Crippen LogP contribution in [0.4, 0.5) is 4.39 Å². The van der Waals surface area contributed by atoms with Crippen molar-refractivity contribution in [1.29, 1.82) is 5.26 Å². The lowest BCUT2D eigenvalue weighted by atomic mass is 10.1. The van der Waals surface area contributed by atoms with Gasteiger partial charge in [-0.15, -0.1) is 0 Å². The number of benzene rings is 2. The standard InChI is InChI=1S/C16H14BrFN2/c1-11(12-4-3-7-15(17)8-12)20-10-14-6-2-5-13(9-19)16(14)18/h2-8,11,20H,10H2,1H3. The average Bonchev–Trinajstić information content (AvgIpc) is 2.46. The van der Waals surface area contributed by atoms with Crippen molar-refractivity contribution in [3.8, 4) is 6.07 Å². The summed E-state index contributed by atoms with van der Waals surface area (Å²) < 4.78 is 14.9. The molecule has 1 atom stereocenters. The van der Waals surface area contributed by atoms with Crippen LogP contribution in [0.2, 0.25) is 0 Å². The van der Waals surface area contributed by atoms with E-state index in [9.17, 15) is 4.39 Å². The van der Waals surface area contributed by atoms with E-state index in [0.29, 0.717) is 12.1 Å². The summed E-state index contributed by atoms with van der Waals surface area (Å²) in [7, 11) is 0. The lowest BCUT2D eigenvalue weighted by Gasteiger charge is -2.15. The summed E-state index contributed by atoms with van der Waals surface area (Å²) in [6, 6.07) is 14.8. The Morgan fingerprint density at radius 2 is 2.05 bits per heavy atom. The van der Waals surface area contributed by atoms with E-state index < -0.39 is 5.82 Å². The third-order valence-corrected chi connectivity index (χ3v) is 3.64. The van der Waals surface area contributed by atoms with Gasteiger partial charge < -0.3 is 5.32 Å². The Labute approximate surface area is 126 Å². The fourth-order valence-corrected chi connectivity index (χ4v) is 2.38. The Morgan fingerprint density at radius 1 is 1.30 bits per heavy atom. The maximum atomic E-state index is 13.9. The topological polar surface area (TPSA) is 35.8 Å². The molecule has 2 rings (SSSR count). The van der Waals surface area contributed by atoms with Gasteiger partial charge in [0.1, 0.15) is 11.9 Å². The summed E-state index contributed by atoms with van der Waals surface area (Å²) >= 11 is 3.43. The first-order chi connectivity index (χ1) is 9.61. The van der Waals surface area contributed by atoms with Gasteiger partial charge in [0, 0.05) is 22.6 Å². The molecule has 0 aliphatic heterocycles. The van der Waals surface area contributed by atoms with E-state index in [1.54, 1.807) is 12.1 Å². The molecule has 2 aromatic carbocycles. The quantitative estimate of drug-likeness (QED) is 0.905. The maximum Gasteiger partial charge on any atom is 0.145 e. The van der Waals surface area contributed by atoms with Crippen LogP contribution >= 0.6 is 15.9 Å². The van der Waals surface area contributed by atoms with Crippen molar-refractivity contribution in [2.45, 2.75) is 19.5 Å². The molecule has 0 saturated heterocycles. The van der Waals surface area contributed by atoms with Gasteiger partial charge in [0.2, 0.25) is 0 Å². The Morgan fingerprint density at radius 3 is 2.75 bits per heavy atom. The molecule has 0 bridgehead atoms. The molecule has 1 unspecified atom stereocenters. The van der Waals surface area contributed by atoms with E-state index in [0.717, 1.165) is 10.0 Å². The van der Waals surface area contributed by atoms with Gasteiger partial charge in [-0.2, -0.15) is 5.26 Å². The lowest BCUT2D eigenvalue weighted by Crippen LogP contribution is -2.19. The summed E-state index contributed by atoms with van der Waals surface area (Å²) in [5.74, 6) is -0.441. The van der Waals surface area contributed by atoms with Gasteiger partial charge in [-0.25, -0.2) is 4.39 Å². The highest BCUT2D eigenvalue weighted by Crippen LogP contribution is 2.19. The fourth-order valence-electron chi connectivity index (χ4n) is 1.96. The molecule has 1 N–H and O–H groups in total. The number of hydrogen-bond donors (Lipinski definition) is 1. The SMILES string of the molecule is CC(NCc1cccc(C#N)c1F)c1cccc(Br)c1. The van der Waals surface area contributed by atoms with E-state index in [-0.39, 0.29) is 11.6 Å². The minimum absolute atomic E-state index is 0.0828. The van der Waals surface area contributed by atoms with Crippen LogP contribution < -0.4 is 5.32 Å². The molecular formula is C16H14BrFN2. The van der Waals surface area contributed by atoms with Crippen LogP contribution in [0.15, 0.2) is 46.9 Å². The van der Waals surface area contributed by atoms with E-state index in [4.69, 9.17) is 5.26 Å². The summed E-state index contributed by atoms with van der Waals surface area (Å²) in [4.78, 5) is 0. The van der Waals surface area contributed by atoms with Gasteiger partial charge in [0.15, 0.2) is 0 Å².